The highest BCUT2D eigenvalue weighted by Crippen LogP contribution is 2.16. The fourth-order valence-corrected chi connectivity index (χ4v) is 2.99. The molecular weight excluding hydrogens is 318 g/mol. The van der Waals surface area contributed by atoms with Crippen LogP contribution < -0.4 is 0 Å². The van der Waals surface area contributed by atoms with Crippen molar-refractivity contribution < 1.29 is 19.2 Å². The van der Waals surface area contributed by atoms with Gasteiger partial charge in [-0.15, -0.1) is 11.3 Å². The maximum atomic E-state index is 12.2. The number of Topliss-reactive ketones (excluding diaryl/α,β-unsaturated/α-hetero) is 1. The monoisotopic (exact) mass is 331 g/mol. The van der Waals surface area contributed by atoms with Crippen molar-refractivity contribution in [2.75, 3.05) is 13.1 Å². The molecule has 0 aromatic carbocycles. The fraction of sp³-hybridized carbons (Fsp3) is 0.200. The number of urea groups is 1. The summed E-state index contributed by atoms with van der Waals surface area (Å²) in [5.74, 6) is -2.27. The van der Waals surface area contributed by atoms with Gasteiger partial charge in [0.25, 0.3) is 0 Å². The van der Waals surface area contributed by atoms with E-state index in [2.05, 4.69) is 4.98 Å². The van der Waals surface area contributed by atoms with Crippen LogP contribution in [0.1, 0.15) is 15.4 Å². The minimum Gasteiger partial charge on any atom is -0.359 e. The molecule has 8 heteroatoms. The number of nitrogens with zero attached hydrogens (tertiary/aromatic N) is 2. The molecule has 0 spiro atoms. The molecule has 3 heterocycles. The first kappa shape index (κ1) is 15.2. The van der Waals surface area contributed by atoms with Crippen LogP contribution in [0, 0.1) is 0 Å². The van der Waals surface area contributed by atoms with Crippen LogP contribution in [0.25, 0.3) is 0 Å². The predicted octanol–water partition coefficient (Wildman–Crippen LogP) is 1.29. The quantitative estimate of drug-likeness (QED) is 0.491. The number of aromatic nitrogens is 1. The number of nitrogens with one attached hydrogen (secondary N) is 1. The van der Waals surface area contributed by atoms with Crippen LogP contribution in [0.15, 0.2) is 35.8 Å². The van der Waals surface area contributed by atoms with Crippen LogP contribution in [0.5, 0.6) is 0 Å². The first-order valence-corrected chi connectivity index (χ1v) is 7.82. The molecule has 0 bridgehead atoms. The average molecular weight is 331 g/mol. The van der Waals surface area contributed by atoms with Crippen LogP contribution in [0.2, 0.25) is 0 Å². The SMILES string of the molecule is O=C(CN1C(=O)C(=O)N(CCc2cccs2)C1=O)c1ccc[nH]1. The molecule has 3 rings (SSSR count). The van der Waals surface area contributed by atoms with E-state index in [1.807, 2.05) is 17.5 Å². The zero-order chi connectivity index (χ0) is 16.4. The molecule has 0 saturated carbocycles. The van der Waals surface area contributed by atoms with Crippen LogP contribution in [-0.4, -0.2) is 51.5 Å². The maximum absolute atomic E-state index is 12.2. The number of carbonyl (C=O) groups is 4. The van der Waals surface area contributed by atoms with Crippen LogP contribution in [0.3, 0.4) is 0 Å². The Morgan fingerprint density at radius 2 is 1.87 bits per heavy atom. The van der Waals surface area contributed by atoms with E-state index in [1.165, 1.54) is 11.3 Å². The van der Waals surface area contributed by atoms with E-state index in [9.17, 15) is 19.2 Å². The van der Waals surface area contributed by atoms with Gasteiger partial charge >= 0.3 is 17.8 Å². The van der Waals surface area contributed by atoms with Gasteiger partial charge in [-0.1, -0.05) is 6.07 Å². The van der Waals surface area contributed by atoms with Gasteiger partial charge in [0.05, 0.1) is 12.2 Å². The summed E-state index contributed by atoms with van der Waals surface area (Å²) in [5.41, 5.74) is 0.287. The average Bonchev–Trinajstić information content (AvgIpc) is 3.26. The Kier molecular flexibility index (Phi) is 4.07. The number of imide groups is 2. The lowest BCUT2D eigenvalue weighted by Gasteiger charge is -2.14. The lowest BCUT2D eigenvalue weighted by atomic mass is 10.3. The molecule has 23 heavy (non-hydrogen) atoms. The highest BCUT2D eigenvalue weighted by atomic mass is 32.1. The Hall–Kier alpha value is -2.74. The summed E-state index contributed by atoms with van der Waals surface area (Å²) in [6.07, 6.45) is 2.06. The molecule has 0 atom stereocenters. The van der Waals surface area contributed by atoms with E-state index in [-0.39, 0.29) is 12.2 Å². The van der Waals surface area contributed by atoms with Crippen molar-refractivity contribution in [1.29, 1.82) is 0 Å². The number of aromatic amines is 1. The minimum absolute atomic E-state index is 0.122. The highest BCUT2D eigenvalue weighted by Gasteiger charge is 2.44. The summed E-state index contributed by atoms with van der Waals surface area (Å²) >= 11 is 1.51. The number of ketones is 1. The van der Waals surface area contributed by atoms with E-state index < -0.39 is 30.2 Å². The zero-order valence-corrected chi connectivity index (χ0v) is 12.8. The Labute approximate surface area is 135 Å². The van der Waals surface area contributed by atoms with Crippen molar-refractivity contribution in [1.82, 2.24) is 14.8 Å². The summed E-state index contributed by atoms with van der Waals surface area (Å²) in [5, 5.41) is 1.90. The van der Waals surface area contributed by atoms with Crippen molar-refractivity contribution in [3.63, 3.8) is 0 Å². The van der Waals surface area contributed by atoms with Crippen molar-refractivity contribution in [2.24, 2.45) is 0 Å². The number of hydrogen-bond donors (Lipinski definition) is 1. The van der Waals surface area contributed by atoms with E-state index in [0.29, 0.717) is 11.3 Å². The third kappa shape index (κ3) is 2.93. The van der Waals surface area contributed by atoms with E-state index in [1.54, 1.807) is 18.3 Å². The second-order valence-electron chi connectivity index (χ2n) is 4.97. The van der Waals surface area contributed by atoms with Crippen molar-refractivity contribution >= 4 is 35.0 Å². The van der Waals surface area contributed by atoms with Gasteiger partial charge in [0.2, 0.25) is 0 Å². The Bertz CT molecular complexity index is 752. The smallest absolute Gasteiger partial charge is 0.334 e. The topological polar surface area (TPSA) is 90.6 Å². The molecule has 1 saturated heterocycles. The van der Waals surface area contributed by atoms with Crippen LogP contribution in [-0.2, 0) is 16.0 Å². The molecule has 1 fully saturated rings. The summed E-state index contributed by atoms with van der Waals surface area (Å²) in [6, 6.07) is 6.21. The fourth-order valence-electron chi connectivity index (χ4n) is 2.30. The normalized spacial score (nSPS) is 14.9. The van der Waals surface area contributed by atoms with Gasteiger partial charge in [0.15, 0.2) is 5.78 Å². The number of rotatable bonds is 6. The highest BCUT2D eigenvalue weighted by molar-refractivity contribution is 7.09. The number of amides is 4. The summed E-state index contributed by atoms with van der Waals surface area (Å²) in [6.45, 7) is -0.323. The van der Waals surface area contributed by atoms with Crippen LogP contribution in [0.4, 0.5) is 4.79 Å². The third-order valence-electron chi connectivity index (χ3n) is 3.50. The number of carbonyl (C=O) groups excluding carboxylic acids is 4. The molecule has 1 aliphatic heterocycles. The van der Waals surface area contributed by atoms with Crippen molar-refractivity contribution in [2.45, 2.75) is 6.42 Å². The van der Waals surface area contributed by atoms with Gasteiger partial charge in [0.1, 0.15) is 0 Å². The number of H-pyrrole nitrogens is 1. The molecule has 118 valence electrons. The van der Waals surface area contributed by atoms with Gasteiger partial charge in [-0.25, -0.2) is 9.69 Å². The van der Waals surface area contributed by atoms with Crippen molar-refractivity contribution in [3.05, 3.63) is 46.4 Å². The second-order valence-corrected chi connectivity index (χ2v) is 6.00. The van der Waals surface area contributed by atoms with Gasteiger partial charge in [-0.05, 0) is 23.6 Å². The molecular formula is C15H13N3O4S. The lowest BCUT2D eigenvalue weighted by molar-refractivity contribution is -0.143. The van der Waals surface area contributed by atoms with Gasteiger partial charge in [0, 0.05) is 24.0 Å². The third-order valence-corrected chi connectivity index (χ3v) is 4.43. The first-order valence-electron chi connectivity index (χ1n) is 6.94. The van der Waals surface area contributed by atoms with E-state index in [4.69, 9.17) is 0 Å². The lowest BCUT2D eigenvalue weighted by Crippen LogP contribution is -2.37. The molecule has 1 N–H and O–H groups in total. The molecule has 2 aromatic heterocycles. The molecule has 4 amide bonds. The second kappa shape index (κ2) is 6.17. The molecule has 0 radical (unpaired) electrons. The largest absolute Gasteiger partial charge is 0.359 e. The Balaban J connectivity index is 1.68. The molecule has 1 aliphatic rings. The molecule has 0 unspecified atom stereocenters. The molecule has 2 aromatic rings. The predicted molar refractivity (Wildman–Crippen MR) is 82.0 cm³/mol. The Morgan fingerprint density at radius 1 is 1.09 bits per heavy atom. The number of thiophene rings is 1. The van der Waals surface area contributed by atoms with Gasteiger partial charge in [-0.3, -0.25) is 19.3 Å². The summed E-state index contributed by atoms with van der Waals surface area (Å²) < 4.78 is 0. The first-order chi connectivity index (χ1) is 11.1. The minimum atomic E-state index is -0.957. The summed E-state index contributed by atoms with van der Waals surface area (Å²) in [7, 11) is 0. The summed E-state index contributed by atoms with van der Waals surface area (Å²) in [4.78, 5) is 53.5. The Morgan fingerprint density at radius 3 is 2.52 bits per heavy atom. The van der Waals surface area contributed by atoms with Gasteiger partial charge in [-0.2, -0.15) is 0 Å². The van der Waals surface area contributed by atoms with Gasteiger partial charge < -0.3 is 4.98 Å². The molecule has 0 aliphatic carbocycles. The van der Waals surface area contributed by atoms with Crippen LogP contribution >= 0.6 is 11.3 Å². The molecule has 7 nitrogen and oxygen atoms in total. The number of hydrogen-bond acceptors (Lipinski definition) is 5. The standard InChI is InChI=1S/C15H13N3O4S/c19-12(11-4-1-6-16-11)9-18-14(21)13(20)17(15(18)22)7-5-10-3-2-8-23-10/h1-4,6,8,16H,5,7,9H2. The van der Waals surface area contributed by atoms with Crippen molar-refractivity contribution in [3.8, 4) is 0 Å². The van der Waals surface area contributed by atoms with E-state index in [0.717, 1.165) is 9.78 Å². The zero-order valence-electron chi connectivity index (χ0n) is 12.0. The maximum Gasteiger partial charge on any atom is 0.334 e. The van der Waals surface area contributed by atoms with E-state index >= 15 is 0 Å².